The highest BCUT2D eigenvalue weighted by Crippen LogP contribution is 2.29. The lowest BCUT2D eigenvalue weighted by molar-refractivity contribution is -0.161. The van der Waals surface area contributed by atoms with E-state index in [0.717, 1.165) is 56.7 Å². The predicted octanol–water partition coefficient (Wildman–Crippen LogP) is 3.59. The molecule has 3 N–H and O–H groups in total. The monoisotopic (exact) mass is 418 g/mol. The van der Waals surface area contributed by atoms with E-state index in [0.29, 0.717) is 5.82 Å². The molecule has 0 aromatic carbocycles. The molecule has 4 atom stereocenters. The first kappa shape index (κ1) is 22.8. The Morgan fingerprint density at radius 3 is 2.63 bits per heavy atom. The van der Waals surface area contributed by atoms with Crippen LogP contribution in [0, 0.1) is 5.92 Å². The van der Waals surface area contributed by atoms with Crippen LogP contribution in [0.25, 0.3) is 0 Å². The Balaban J connectivity index is 1.61. The van der Waals surface area contributed by atoms with Crippen LogP contribution in [0.2, 0.25) is 0 Å². The molecule has 7 nitrogen and oxygen atoms in total. The zero-order valence-electron chi connectivity index (χ0n) is 19.1. The van der Waals surface area contributed by atoms with Crippen molar-refractivity contribution in [3.63, 3.8) is 0 Å². The maximum absolute atomic E-state index is 12.5. The van der Waals surface area contributed by atoms with Crippen LogP contribution >= 0.6 is 0 Å². The number of esters is 1. The van der Waals surface area contributed by atoms with E-state index in [1.165, 1.54) is 0 Å². The van der Waals surface area contributed by atoms with Gasteiger partial charge in [0.05, 0.1) is 18.1 Å². The highest BCUT2D eigenvalue weighted by molar-refractivity contribution is 5.73. The maximum Gasteiger partial charge on any atom is 0.309 e. The third-order valence-electron chi connectivity index (χ3n) is 5.57. The van der Waals surface area contributed by atoms with Gasteiger partial charge in [-0.1, -0.05) is 6.42 Å². The molecule has 0 radical (unpaired) electrons. The molecule has 2 fully saturated rings. The molecule has 1 unspecified atom stereocenters. The quantitative estimate of drug-likeness (QED) is 0.706. The first-order valence-corrected chi connectivity index (χ1v) is 11.2. The van der Waals surface area contributed by atoms with Crippen molar-refractivity contribution >= 4 is 17.6 Å². The van der Waals surface area contributed by atoms with Gasteiger partial charge < -0.3 is 20.5 Å². The number of nitrogens with one attached hydrogen (secondary N) is 1. The molecule has 1 saturated carbocycles. The number of morpholine rings is 1. The van der Waals surface area contributed by atoms with Crippen LogP contribution in [0.15, 0.2) is 12.1 Å². The van der Waals surface area contributed by atoms with E-state index in [1.807, 2.05) is 26.8 Å². The van der Waals surface area contributed by atoms with E-state index < -0.39 is 5.60 Å². The molecule has 7 heteroatoms. The highest BCUT2D eigenvalue weighted by Gasteiger charge is 2.31. The molecule has 0 amide bonds. The van der Waals surface area contributed by atoms with Gasteiger partial charge in [-0.2, -0.15) is 0 Å². The molecule has 30 heavy (non-hydrogen) atoms. The summed E-state index contributed by atoms with van der Waals surface area (Å²) in [5.41, 5.74) is 6.80. The fourth-order valence-corrected chi connectivity index (χ4v) is 4.58. The van der Waals surface area contributed by atoms with E-state index in [4.69, 9.17) is 15.2 Å². The molecule has 0 spiro atoms. The summed E-state index contributed by atoms with van der Waals surface area (Å²) in [7, 11) is 0. The summed E-state index contributed by atoms with van der Waals surface area (Å²) in [5, 5.41) is 3.52. The van der Waals surface area contributed by atoms with Gasteiger partial charge in [0.15, 0.2) is 0 Å². The van der Waals surface area contributed by atoms with Crippen molar-refractivity contribution in [3.05, 3.63) is 17.7 Å². The van der Waals surface area contributed by atoms with Crippen LogP contribution in [0.5, 0.6) is 0 Å². The topological polar surface area (TPSA) is 89.7 Å². The molecule has 168 valence electrons. The summed E-state index contributed by atoms with van der Waals surface area (Å²) in [6, 6.07) is 4.22. The fourth-order valence-electron chi connectivity index (χ4n) is 4.58. The molecule has 3 rings (SSSR count). The van der Waals surface area contributed by atoms with Crippen molar-refractivity contribution in [1.29, 1.82) is 0 Å². The third kappa shape index (κ3) is 6.84. The van der Waals surface area contributed by atoms with E-state index >= 15 is 0 Å². The molecule has 1 aliphatic heterocycles. The Labute approximate surface area is 180 Å². The summed E-state index contributed by atoms with van der Waals surface area (Å²) >= 11 is 0. The normalized spacial score (nSPS) is 28.2. The predicted molar refractivity (Wildman–Crippen MR) is 119 cm³/mol. The zero-order valence-corrected chi connectivity index (χ0v) is 19.1. The zero-order chi connectivity index (χ0) is 21.9. The second-order valence-electron chi connectivity index (χ2n) is 9.98. The Morgan fingerprint density at radius 1 is 1.27 bits per heavy atom. The lowest BCUT2D eigenvalue weighted by Crippen LogP contribution is -2.44. The number of nitrogens with zero attached hydrogens (tertiary/aromatic N) is 2. The number of aromatic nitrogens is 1. The molecule has 1 aromatic rings. The second kappa shape index (κ2) is 9.52. The minimum atomic E-state index is -0.448. The average Bonchev–Trinajstić information content (AvgIpc) is 2.59. The molecule has 1 saturated heterocycles. The van der Waals surface area contributed by atoms with Gasteiger partial charge in [0.2, 0.25) is 0 Å². The second-order valence-corrected chi connectivity index (χ2v) is 9.98. The van der Waals surface area contributed by atoms with Crippen LogP contribution in [0.4, 0.5) is 11.6 Å². The Hall–Kier alpha value is -1.86. The van der Waals surface area contributed by atoms with Crippen molar-refractivity contribution in [3.8, 4) is 0 Å². The molecular formula is C23H38N4O3. The number of ether oxygens (including phenoxy) is 2. The lowest BCUT2D eigenvalue weighted by Gasteiger charge is -2.35. The van der Waals surface area contributed by atoms with Gasteiger partial charge >= 0.3 is 5.97 Å². The van der Waals surface area contributed by atoms with Gasteiger partial charge in [0.1, 0.15) is 17.2 Å². The molecule has 1 aliphatic carbocycles. The van der Waals surface area contributed by atoms with Crippen molar-refractivity contribution in [2.45, 2.75) is 90.7 Å². The first-order valence-electron chi connectivity index (χ1n) is 11.2. The Morgan fingerprint density at radius 2 is 1.97 bits per heavy atom. The largest absolute Gasteiger partial charge is 0.460 e. The van der Waals surface area contributed by atoms with Gasteiger partial charge in [0.25, 0.3) is 0 Å². The Kier molecular flexibility index (Phi) is 7.24. The Bertz CT molecular complexity index is 724. The smallest absolute Gasteiger partial charge is 0.309 e. The number of nitrogen functional groups attached to an aromatic ring is 1. The molecular weight excluding hydrogens is 380 g/mol. The van der Waals surface area contributed by atoms with E-state index in [2.05, 4.69) is 35.1 Å². The summed E-state index contributed by atoms with van der Waals surface area (Å²) in [6.07, 6.45) is 4.13. The average molecular weight is 419 g/mol. The van der Waals surface area contributed by atoms with Crippen LogP contribution in [0.3, 0.4) is 0 Å². The van der Waals surface area contributed by atoms with Crippen LogP contribution in [-0.4, -0.2) is 52.8 Å². The van der Waals surface area contributed by atoms with Crippen molar-refractivity contribution in [2.75, 3.05) is 24.1 Å². The summed E-state index contributed by atoms with van der Waals surface area (Å²) < 4.78 is 11.4. The van der Waals surface area contributed by atoms with Crippen LogP contribution in [0.1, 0.15) is 65.9 Å². The van der Waals surface area contributed by atoms with Crippen molar-refractivity contribution < 1.29 is 14.3 Å². The van der Waals surface area contributed by atoms with E-state index in [1.54, 1.807) is 0 Å². The number of hydrogen-bond donors (Lipinski definition) is 2. The fraction of sp³-hybridized carbons (Fsp3) is 0.739. The van der Waals surface area contributed by atoms with Crippen molar-refractivity contribution in [1.82, 2.24) is 9.88 Å². The molecule has 0 bridgehead atoms. The van der Waals surface area contributed by atoms with Gasteiger partial charge in [-0.15, -0.1) is 0 Å². The van der Waals surface area contributed by atoms with Gasteiger partial charge in [-0.05, 0) is 71.6 Å². The molecule has 2 aliphatic rings. The highest BCUT2D eigenvalue weighted by atomic mass is 16.6. The standard InChI is InChI=1S/C23H38N4O3/c1-15-12-27(13-16(2)29-15)14-17-9-20(24)26-21(10-17)25-19-8-6-7-18(11-19)22(28)30-23(3,4)5/h9-10,15-16,18-19H,6-8,11-14H2,1-5H3,(H3,24,25,26)/t15-,16+,18?,19-/m0/s1. The van der Waals surface area contributed by atoms with Gasteiger partial charge in [-0.25, -0.2) is 4.98 Å². The molecule has 2 heterocycles. The number of anilines is 2. The number of carbonyl (C=O) groups is 1. The minimum Gasteiger partial charge on any atom is -0.460 e. The molecule has 1 aromatic heterocycles. The maximum atomic E-state index is 12.5. The summed E-state index contributed by atoms with van der Waals surface area (Å²) in [4.78, 5) is 19.4. The third-order valence-corrected chi connectivity index (χ3v) is 5.57. The lowest BCUT2D eigenvalue weighted by atomic mass is 9.85. The SMILES string of the molecule is C[C@@H]1CN(Cc2cc(N)nc(N[C@H]3CCCC(C(=O)OC(C)(C)C)C3)c2)C[C@H](C)O1. The number of hydrogen-bond acceptors (Lipinski definition) is 7. The number of rotatable bonds is 5. The van der Waals surface area contributed by atoms with Gasteiger partial charge in [0, 0.05) is 25.7 Å². The van der Waals surface area contributed by atoms with Crippen LogP contribution in [-0.2, 0) is 20.8 Å². The van der Waals surface area contributed by atoms with E-state index in [9.17, 15) is 4.79 Å². The van der Waals surface area contributed by atoms with Crippen LogP contribution < -0.4 is 11.1 Å². The first-order chi connectivity index (χ1) is 14.1. The summed E-state index contributed by atoms with van der Waals surface area (Å²) in [5.74, 6) is 1.15. The van der Waals surface area contributed by atoms with Crippen molar-refractivity contribution in [2.24, 2.45) is 5.92 Å². The number of nitrogens with two attached hydrogens (primary N) is 1. The number of pyridine rings is 1. The summed E-state index contributed by atoms with van der Waals surface area (Å²) in [6.45, 7) is 12.6. The van der Waals surface area contributed by atoms with Gasteiger partial charge in [-0.3, -0.25) is 9.69 Å². The minimum absolute atomic E-state index is 0.0627. The number of carbonyl (C=O) groups excluding carboxylic acids is 1. The van der Waals surface area contributed by atoms with E-state index in [-0.39, 0.29) is 30.1 Å².